The number of H-pyrrole nitrogens is 1. The smallest absolute Gasteiger partial charge is 0.256 e. The topological polar surface area (TPSA) is 39.3 Å². The SMILES string of the molecule is C=CC1CN(C(=O)c2cccc3cc[nH]c23)CC1CN1CCC(c2ccc(F)cc2)CC1. The van der Waals surface area contributed by atoms with Gasteiger partial charge in [0.25, 0.3) is 5.91 Å². The van der Waals surface area contributed by atoms with Crippen LogP contribution in [-0.2, 0) is 0 Å². The molecule has 5 heteroatoms. The zero-order valence-electron chi connectivity index (χ0n) is 18.3. The molecule has 2 aliphatic heterocycles. The Bertz CT molecular complexity index is 1100. The van der Waals surface area contributed by atoms with Crippen LogP contribution in [0.15, 0.2) is 67.4 Å². The van der Waals surface area contributed by atoms with E-state index in [0.717, 1.165) is 62.0 Å². The van der Waals surface area contributed by atoms with Crippen LogP contribution in [-0.4, -0.2) is 53.4 Å². The largest absolute Gasteiger partial charge is 0.361 e. The highest BCUT2D eigenvalue weighted by Gasteiger charge is 2.36. The summed E-state index contributed by atoms with van der Waals surface area (Å²) in [7, 11) is 0. The molecule has 1 amide bonds. The number of hydrogen-bond acceptors (Lipinski definition) is 2. The van der Waals surface area contributed by atoms with Crippen molar-refractivity contribution in [2.45, 2.75) is 18.8 Å². The van der Waals surface area contributed by atoms with Crippen LogP contribution in [0.25, 0.3) is 10.9 Å². The van der Waals surface area contributed by atoms with Crippen LogP contribution in [0.5, 0.6) is 0 Å². The number of fused-ring (bicyclic) bond motifs is 1. The Balaban J connectivity index is 1.21. The fourth-order valence-electron chi connectivity index (χ4n) is 5.47. The molecule has 0 radical (unpaired) electrons. The Hall–Kier alpha value is -2.92. The second-order valence-electron chi connectivity index (χ2n) is 9.24. The Labute approximate surface area is 188 Å². The van der Waals surface area contributed by atoms with Crippen molar-refractivity contribution in [2.24, 2.45) is 11.8 Å². The van der Waals surface area contributed by atoms with Crippen molar-refractivity contribution < 1.29 is 9.18 Å². The van der Waals surface area contributed by atoms with Gasteiger partial charge in [0.2, 0.25) is 0 Å². The van der Waals surface area contributed by atoms with Crippen molar-refractivity contribution in [1.82, 2.24) is 14.8 Å². The first-order valence-corrected chi connectivity index (χ1v) is 11.6. The molecule has 166 valence electrons. The van der Waals surface area contributed by atoms with Gasteiger partial charge >= 0.3 is 0 Å². The molecule has 0 aliphatic carbocycles. The summed E-state index contributed by atoms with van der Waals surface area (Å²) in [5.74, 6) is 1.15. The lowest BCUT2D eigenvalue weighted by atomic mass is 9.88. The van der Waals surface area contributed by atoms with Gasteiger partial charge in [0, 0.05) is 31.2 Å². The van der Waals surface area contributed by atoms with Gasteiger partial charge in [0.05, 0.1) is 11.1 Å². The van der Waals surface area contributed by atoms with Crippen molar-refractivity contribution in [3.63, 3.8) is 0 Å². The van der Waals surface area contributed by atoms with Crippen molar-refractivity contribution in [1.29, 1.82) is 0 Å². The number of amides is 1. The Morgan fingerprint density at radius 2 is 1.88 bits per heavy atom. The average molecular weight is 432 g/mol. The number of rotatable bonds is 5. The molecule has 3 aromatic rings. The number of piperidine rings is 1. The Morgan fingerprint density at radius 1 is 1.09 bits per heavy atom. The summed E-state index contributed by atoms with van der Waals surface area (Å²) in [6.07, 6.45) is 6.10. The monoisotopic (exact) mass is 431 g/mol. The van der Waals surface area contributed by atoms with Gasteiger partial charge in [-0.05, 0) is 73.5 Å². The molecule has 2 aromatic carbocycles. The number of nitrogens with one attached hydrogen (secondary N) is 1. The molecule has 4 nitrogen and oxygen atoms in total. The van der Waals surface area contributed by atoms with Crippen molar-refractivity contribution >= 4 is 16.8 Å². The highest BCUT2D eigenvalue weighted by atomic mass is 19.1. The minimum absolute atomic E-state index is 0.0995. The van der Waals surface area contributed by atoms with Crippen molar-refractivity contribution in [3.05, 3.63) is 84.3 Å². The first kappa shape index (κ1) is 21.0. The first-order chi connectivity index (χ1) is 15.6. The summed E-state index contributed by atoms with van der Waals surface area (Å²) >= 11 is 0. The zero-order valence-corrected chi connectivity index (χ0v) is 18.3. The lowest BCUT2D eigenvalue weighted by Gasteiger charge is -2.34. The summed E-state index contributed by atoms with van der Waals surface area (Å²) in [4.78, 5) is 21.1. The average Bonchev–Trinajstić information content (AvgIpc) is 3.46. The molecule has 0 spiro atoms. The molecule has 3 heterocycles. The number of carbonyl (C=O) groups is 1. The third kappa shape index (κ3) is 4.09. The first-order valence-electron chi connectivity index (χ1n) is 11.6. The van der Waals surface area contributed by atoms with Gasteiger partial charge in [-0.2, -0.15) is 0 Å². The second-order valence-corrected chi connectivity index (χ2v) is 9.24. The molecule has 2 unspecified atom stereocenters. The zero-order chi connectivity index (χ0) is 22.1. The number of hydrogen-bond donors (Lipinski definition) is 1. The van der Waals surface area contributed by atoms with E-state index in [1.165, 1.54) is 5.56 Å². The maximum Gasteiger partial charge on any atom is 0.256 e. The highest BCUT2D eigenvalue weighted by molar-refractivity contribution is 6.05. The fraction of sp³-hybridized carbons (Fsp3) is 0.370. The third-order valence-electron chi connectivity index (χ3n) is 7.32. The maximum atomic E-state index is 13.3. The van der Waals surface area contributed by atoms with E-state index in [1.54, 1.807) is 12.1 Å². The number of benzene rings is 2. The summed E-state index contributed by atoms with van der Waals surface area (Å²) in [5.41, 5.74) is 2.90. The van der Waals surface area contributed by atoms with Crippen molar-refractivity contribution in [3.8, 4) is 0 Å². The number of aromatic nitrogens is 1. The van der Waals surface area contributed by atoms with Gasteiger partial charge in [0.1, 0.15) is 5.82 Å². The van der Waals surface area contributed by atoms with E-state index in [0.29, 0.717) is 17.8 Å². The molecular formula is C27H30FN3O. The van der Waals surface area contributed by atoms with Crippen LogP contribution in [0.2, 0.25) is 0 Å². The Kier molecular flexibility index (Phi) is 5.83. The van der Waals surface area contributed by atoms with Crippen LogP contribution in [0, 0.1) is 17.7 Å². The van der Waals surface area contributed by atoms with Crippen molar-refractivity contribution in [2.75, 3.05) is 32.7 Å². The third-order valence-corrected chi connectivity index (χ3v) is 7.32. The molecule has 2 fully saturated rings. The van der Waals surface area contributed by atoms with E-state index < -0.39 is 0 Å². The second kappa shape index (κ2) is 8.91. The molecule has 32 heavy (non-hydrogen) atoms. The van der Waals surface area contributed by atoms with Crippen LogP contribution >= 0.6 is 0 Å². The number of halogens is 1. The molecule has 2 aliphatic rings. The Morgan fingerprint density at radius 3 is 2.62 bits per heavy atom. The predicted molar refractivity (Wildman–Crippen MR) is 126 cm³/mol. The standard InChI is InChI=1S/C27H30FN3O/c1-2-19-17-31(27(32)25-5-3-4-22-10-13-29-26(22)25)18-23(19)16-30-14-11-21(12-15-30)20-6-8-24(28)9-7-20/h2-10,13,19,21,23,29H,1,11-12,14-18H2. The van der Waals surface area contributed by atoms with E-state index in [9.17, 15) is 9.18 Å². The van der Waals surface area contributed by atoms with Crippen LogP contribution in [0.4, 0.5) is 4.39 Å². The van der Waals surface area contributed by atoms with Crippen LogP contribution < -0.4 is 0 Å². The quantitative estimate of drug-likeness (QED) is 0.574. The number of carbonyl (C=O) groups excluding carboxylic acids is 1. The van der Waals surface area contributed by atoms with Gasteiger partial charge in [-0.15, -0.1) is 6.58 Å². The van der Waals surface area contributed by atoms with Gasteiger partial charge in [-0.3, -0.25) is 4.79 Å². The number of para-hydroxylation sites is 1. The fourth-order valence-corrected chi connectivity index (χ4v) is 5.47. The molecule has 1 aromatic heterocycles. The molecule has 2 saturated heterocycles. The van der Waals surface area contributed by atoms with Crippen LogP contribution in [0.1, 0.15) is 34.7 Å². The minimum atomic E-state index is -0.172. The van der Waals surface area contributed by atoms with Gasteiger partial charge in [0.15, 0.2) is 0 Å². The normalized spacial score (nSPS) is 22.5. The highest BCUT2D eigenvalue weighted by Crippen LogP contribution is 2.32. The lowest BCUT2D eigenvalue weighted by molar-refractivity contribution is 0.0783. The summed E-state index contributed by atoms with van der Waals surface area (Å²) in [5, 5.41) is 1.07. The van der Waals surface area contributed by atoms with Gasteiger partial charge in [-0.1, -0.05) is 30.3 Å². The number of aromatic amines is 1. The number of likely N-dealkylation sites (tertiary alicyclic amines) is 2. The number of nitrogens with zero attached hydrogens (tertiary/aromatic N) is 2. The van der Waals surface area contributed by atoms with E-state index in [-0.39, 0.29) is 11.7 Å². The molecule has 1 N–H and O–H groups in total. The molecule has 5 rings (SSSR count). The van der Waals surface area contributed by atoms with E-state index >= 15 is 0 Å². The van der Waals surface area contributed by atoms with E-state index in [4.69, 9.17) is 0 Å². The van der Waals surface area contributed by atoms with E-state index in [2.05, 4.69) is 16.5 Å². The molecular weight excluding hydrogens is 401 g/mol. The lowest BCUT2D eigenvalue weighted by Crippen LogP contribution is -2.38. The molecule has 0 saturated carbocycles. The maximum absolute atomic E-state index is 13.3. The van der Waals surface area contributed by atoms with E-state index in [1.807, 2.05) is 53.6 Å². The predicted octanol–water partition coefficient (Wildman–Crippen LogP) is 5.06. The summed E-state index contributed by atoms with van der Waals surface area (Å²) in [6, 6.07) is 14.9. The summed E-state index contributed by atoms with van der Waals surface area (Å²) < 4.78 is 13.2. The van der Waals surface area contributed by atoms with Crippen LogP contribution in [0.3, 0.4) is 0 Å². The minimum Gasteiger partial charge on any atom is -0.361 e. The molecule has 0 bridgehead atoms. The van der Waals surface area contributed by atoms with Gasteiger partial charge < -0.3 is 14.8 Å². The van der Waals surface area contributed by atoms with Gasteiger partial charge in [-0.25, -0.2) is 4.39 Å². The molecule has 2 atom stereocenters. The summed E-state index contributed by atoms with van der Waals surface area (Å²) in [6.45, 7) is 8.63.